The number of fused-ring (bicyclic) bond motifs is 6. The van der Waals surface area contributed by atoms with Crippen molar-refractivity contribution in [3.63, 3.8) is 0 Å². The summed E-state index contributed by atoms with van der Waals surface area (Å²) in [5.74, 6) is 0.656. The van der Waals surface area contributed by atoms with E-state index in [2.05, 4.69) is 62.7 Å². The second kappa shape index (κ2) is 11.3. The van der Waals surface area contributed by atoms with E-state index in [4.69, 9.17) is 24.5 Å². The van der Waals surface area contributed by atoms with Crippen molar-refractivity contribution in [3.8, 4) is 17.3 Å². The number of H-pyrrole nitrogens is 1. The van der Waals surface area contributed by atoms with E-state index in [1.54, 1.807) is 6.92 Å². The minimum atomic E-state index is -1.09. The van der Waals surface area contributed by atoms with Gasteiger partial charge in [-0.05, 0) is 62.1 Å². The molecule has 3 fully saturated rings. The van der Waals surface area contributed by atoms with Crippen LogP contribution in [-0.4, -0.2) is 108 Å². The average molecular weight is 682 g/mol. The lowest BCUT2D eigenvalue weighted by Crippen LogP contribution is -2.44. The molecular formula is C37H44FN9O3. The molecule has 0 bridgehead atoms. The van der Waals surface area contributed by atoms with Crippen molar-refractivity contribution < 1.29 is 19.0 Å². The lowest BCUT2D eigenvalue weighted by atomic mass is 9.92. The van der Waals surface area contributed by atoms with Crippen LogP contribution >= 0.6 is 0 Å². The molecule has 4 aromatic heterocycles. The van der Waals surface area contributed by atoms with Gasteiger partial charge in [0, 0.05) is 50.2 Å². The molecular weight excluding hydrogens is 637 g/mol. The number of aromatic amines is 1. The Labute approximate surface area is 289 Å². The molecule has 2 aromatic carbocycles. The quantitative estimate of drug-likeness (QED) is 0.251. The number of hydrogen-bond donors (Lipinski definition) is 2. The molecule has 3 aliphatic rings. The molecule has 0 amide bonds. The number of aliphatic hydroxyl groups is 1. The Morgan fingerprint density at radius 1 is 1.14 bits per heavy atom. The van der Waals surface area contributed by atoms with E-state index in [-0.39, 0.29) is 18.2 Å². The highest BCUT2D eigenvalue weighted by Crippen LogP contribution is 2.45. The van der Waals surface area contributed by atoms with Crippen molar-refractivity contribution in [1.82, 2.24) is 39.4 Å². The first-order valence-corrected chi connectivity index (χ1v) is 17.8. The molecule has 6 aromatic rings. The molecule has 0 unspecified atom stereocenters. The molecule has 262 valence electrons. The normalized spacial score (nSPS) is 24.7. The Morgan fingerprint density at radius 3 is 2.84 bits per heavy atom. The van der Waals surface area contributed by atoms with Gasteiger partial charge in [0.05, 0.1) is 47.2 Å². The van der Waals surface area contributed by atoms with E-state index in [1.807, 2.05) is 18.8 Å². The van der Waals surface area contributed by atoms with Gasteiger partial charge in [-0.3, -0.25) is 14.7 Å². The first-order chi connectivity index (χ1) is 24.1. The summed E-state index contributed by atoms with van der Waals surface area (Å²) in [5, 5.41) is 28.6. The van der Waals surface area contributed by atoms with Gasteiger partial charge in [0.1, 0.15) is 29.9 Å². The number of β-amino-alcohol motifs (C(OH)–C–C–N with tert-alkyl or cyclic N) is 1. The molecule has 3 aliphatic heterocycles. The Balaban J connectivity index is 1.29. The minimum absolute atomic E-state index is 0.227. The molecule has 0 saturated carbocycles. The zero-order valence-corrected chi connectivity index (χ0v) is 29.4. The predicted octanol–water partition coefficient (Wildman–Crippen LogP) is 4.97. The van der Waals surface area contributed by atoms with Crippen LogP contribution in [0.3, 0.4) is 0 Å². The zero-order chi connectivity index (χ0) is 34.5. The summed E-state index contributed by atoms with van der Waals surface area (Å²) in [6, 6.07) is 8.83. The van der Waals surface area contributed by atoms with Crippen LogP contribution in [0.1, 0.15) is 44.4 Å². The second-order valence-electron chi connectivity index (χ2n) is 15.0. The molecule has 3 saturated heterocycles. The average Bonchev–Trinajstić information content (AvgIpc) is 3.85. The van der Waals surface area contributed by atoms with Gasteiger partial charge in [-0.25, -0.2) is 4.39 Å². The molecule has 2 N–H and O–H groups in total. The summed E-state index contributed by atoms with van der Waals surface area (Å²) in [6.45, 7) is 9.20. The lowest BCUT2D eigenvalue weighted by Gasteiger charge is -2.31. The van der Waals surface area contributed by atoms with Gasteiger partial charge in [-0.15, -0.1) is 0 Å². The molecule has 13 heteroatoms. The fourth-order valence-electron chi connectivity index (χ4n) is 9.10. The summed E-state index contributed by atoms with van der Waals surface area (Å²) >= 11 is 0. The van der Waals surface area contributed by atoms with Crippen LogP contribution in [-0.2, 0) is 25.3 Å². The Hall–Kier alpha value is -4.33. The van der Waals surface area contributed by atoms with Crippen molar-refractivity contribution in [2.24, 2.45) is 14.1 Å². The fourth-order valence-corrected chi connectivity index (χ4v) is 9.10. The molecule has 7 heterocycles. The van der Waals surface area contributed by atoms with E-state index in [0.717, 1.165) is 80.9 Å². The Morgan fingerprint density at radius 2 is 2.00 bits per heavy atom. The van der Waals surface area contributed by atoms with Crippen molar-refractivity contribution in [1.29, 1.82) is 0 Å². The van der Waals surface area contributed by atoms with Crippen LogP contribution in [0.2, 0.25) is 0 Å². The van der Waals surface area contributed by atoms with E-state index in [0.29, 0.717) is 50.7 Å². The zero-order valence-electron chi connectivity index (χ0n) is 29.4. The predicted molar refractivity (Wildman–Crippen MR) is 192 cm³/mol. The van der Waals surface area contributed by atoms with E-state index >= 15 is 0 Å². The van der Waals surface area contributed by atoms with Gasteiger partial charge >= 0.3 is 6.01 Å². The van der Waals surface area contributed by atoms with E-state index in [9.17, 15) is 9.50 Å². The third kappa shape index (κ3) is 4.73. The first-order valence-electron chi connectivity index (χ1n) is 17.8. The number of nitrogens with one attached hydrogen (secondary N) is 1. The number of rotatable bonds is 6. The third-order valence-corrected chi connectivity index (χ3v) is 11.3. The molecule has 0 aliphatic carbocycles. The van der Waals surface area contributed by atoms with Crippen LogP contribution in [0.15, 0.2) is 24.3 Å². The van der Waals surface area contributed by atoms with Crippen LogP contribution in [0.5, 0.6) is 6.01 Å². The van der Waals surface area contributed by atoms with Gasteiger partial charge < -0.3 is 24.0 Å². The SMILES string of the molecule is CCc1cccc2cc3n[nH]c(C)c3c(-c3nn(C)c4c5c(N6CCOC[C@@](C)(O)C6)nc(OC[C@@]67CCCN6C[C@H](F)C7)nc5n(C)c34)c12. The van der Waals surface area contributed by atoms with Crippen LogP contribution in [0.4, 0.5) is 10.2 Å². The lowest BCUT2D eigenvalue weighted by molar-refractivity contribution is -0.0123. The maximum atomic E-state index is 14.7. The topological polar surface area (TPSA) is 122 Å². The molecule has 3 atom stereocenters. The van der Waals surface area contributed by atoms with Gasteiger partial charge in [0.15, 0.2) is 5.65 Å². The standard InChI is InChI=1S/C37H44FN9O3/c1-6-22-9-7-10-23-15-25-26(21(2)41-42-25)28(27(22)23)30-32-31(45(5)43-30)29-33(44(32)4)39-35(40-34(29)46-13-14-49-19-36(3,48)18-46)50-20-37-11-8-12-47(37)17-24(38)16-37/h7,9-10,15,24,48H,6,8,11-14,16-20H2,1-5H3,(H,41,42)/t24-,36+,37+/m1/s1. The van der Waals surface area contributed by atoms with Crippen LogP contribution in [0.25, 0.3) is 55.0 Å². The number of aryl methyl sites for hydroxylation is 4. The number of hydrogen-bond acceptors (Lipinski definition) is 9. The Kier molecular flexibility index (Phi) is 7.18. The Bertz CT molecular complexity index is 2310. The van der Waals surface area contributed by atoms with Gasteiger partial charge in [0.25, 0.3) is 0 Å². The van der Waals surface area contributed by atoms with Crippen molar-refractivity contribution in [2.45, 2.75) is 63.8 Å². The van der Waals surface area contributed by atoms with Crippen molar-refractivity contribution in [3.05, 3.63) is 35.5 Å². The molecule has 50 heavy (non-hydrogen) atoms. The maximum Gasteiger partial charge on any atom is 0.320 e. The maximum absolute atomic E-state index is 14.7. The molecule has 9 rings (SSSR count). The smallest absolute Gasteiger partial charge is 0.320 e. The highest BCUT2D eigenvalue weighted by atomic mass is 19.1. The van der Waals surface area contributed by atoms with Gasteiger partial charge in [-0.2, -0.15) is 20.2 Å². The number of aromatic nitrogens is 7. The highest BCUT2D eigenvalue weighted by molar-refractivity contribution is 6.20. The van der Waals surface area contributed by atoms with E-state index in [1.165, 1.54) is 5.56 Å². The van der Waals surface area contributed by atoms with Gasteiger partial charge in [-0.1, -0.05) is 25.1 Å². The highest BCUT2D eigenvalue weighted by Gasteiger charge is 2.49. The van der Waals surface area contributed by atoms with E-state index < -0.39 is 11.8 Å². The number of nitrogens with zero attached hydrogens (tertiary/aromatic N) is 8. The first kappa shape index (κ1) is 31.6. The number of halogens is 1. The number of anilines is 1. The van der Waals surface area contributed by atoms with Crippen molar-refractivity contribution in [2.75, 3.05) is 50.9 Å². The largest absolute Gasteiger partial charge is 0.461 e. The summed E-state index contributed by atoms with van der Waals surface area (Å²) in [6.07, 6.45) is 2.40. The number of benzene rings is 2. The summed E-state index contributed by atoms with van der Waals surface area (Å²) < 4.78 is 31.0. The fraction of sp³-hybridized carbons (Fsp3) is 0.514. The van der Waals surface area contributed by atoms with Crippen LogP contribution < -0.4 is 9.64 Å². The number of alkyl halides is 1. The van der Waals surface area contributed by atoms with Crippen molar-refractivity contribution >= 4 is 49.6 Å². The summed E-state index contributed by atoms with van der Waals surface area (Å²) in [7, 11) is 3.99. The third-order valence-electron chi connectivity index (χ3n) is 11.3. The monoisotopic (exact) mass is 681 g/mol. The van der Waals surface area contributed by atoms with Gasteiger partial charge in [0.2, 0.25) is 0 Å². The summed E-state index contributed by atoms with van der Waals surface area (Å²) in [5.41, 5.74) is 6.06. The second-order valence-corrected chi connectivity index (χ2v) is 15.0. The molecule has 0 spiro atoms. The minimum Gasteiger partial charge on any atom is -0.461 e. The van der Waals surface area contributed by atoms with Crippen LogP contribution in [0, 0.1) is 6.92 Å². The number of ether oxygens (including phenoxy) is 2. The molecule has 0 radical (unpaired) electrons. The summed E-state index contributed by atoms with van der Waals surface area (Å²) in [4.78, 5) is 14.5. The molecule has 12 nitrogen and oxygen atoms in total.